The van der Waals surface area contributed by atoms with E-state index in [0.717, 1.165) is 11.3 Å². The zero-order valence-electron chi connectivity index (χ0n) is 16.6. The van der Waals surface area contributed by atoms with E-state index < -0.39 is 6.17 Å². The minimum atomic E-state index is -0.974. The normalized spacial score (nSPS) is 19.1. The molecule has 2 atom stereocenters. The Morgan fingerprint density at radius 1 is 1.21 bits per heavy atom. The van der Waals surface area contributed by atoms with Gasteiger partial charge in [-0.05, 0) is 20.4 Å². The molecule has 4 rings (SSSR count). The summed E-state index contributed by atoms with van der Waals surface area (Å²) in [6.07, 6.45) is 5.49. The maximum absolute atomic E-state index is 14.1. The molecule has 0 aliphatic carbocycles. The van der Waals surface area contributed by atoms with Crippen molar-refractivity contribution in [2.24, 2.45) is 0 Å². The van der Waals surface area contributed by atoms with Crippen molar-refractivity contribution in [1.82, 2.24) is 29.7 Å². The van der Waals surface area contributed by atoms with Crippen LogP contribution in [0, 0.1) is 13.8 Å². The molecule has 0 spiro atoms. The number of fused-ring (bicyclic) bond motifs is 1. The second-order valence-corrected chi connectivity index (χ2v) is 7.14. The number of aromatic nitrogens is 5. The molecule has 0 saturated carbocycles. The van der Waals surface area contributed by atoms with Crippen LogP contribution < -0.4 is 15.5 Å². The number of hydrogen-bond donors (Lipinski definition) is 2. The lowest BCUT2D eigenvalue weighted by Gasteiger charge is -2.16. The number of hydrogen-bond acceptors (Lipinski definition) is 7. The summed E-state index contributed by atoms with van der Waals surface area (Å²) in [4.78, 5) is 31.6. The van der Waals surface area contributed by atoms with Crippen LogP contribution in [0.25, 0.3) is 5.65 Å². The predicted molar refractivity (Wildman–Crippen MR) is 107 cm³/mol. The fourth-order valence-corrected chi connectivity index (χ4v) is 3.51. The number of anilines is 2. The number of carbonyl (C=O) groups is 1. The molecule has 10 heteroatoms. The zero-order valence-corrected chi connectivity index (χ0v) is 16.6. The van der Waals surface area contributed by atoms with Gasteiger partial charge in [0.2, 0.25) is 5.95 Å². The van der Waals surface area contributed by atoms with Crippen LogP contribution in [0.1, 0.15) is 28.7 Å². The van der Waals surface area contributed by atoms with Crippen molar-refractivity contribution in [3.63, 3.8) is 0 Å². The van der Waals surface area contributed by atoms with Gasteiger partial charge in [-0.2, -0.15) is 0 Å². The Kier molecular flexibility index (Phi) is 5.10. The molecule has 3 aromatic heterocycles. The average Bonchev–Trinajstić information content (AvgIpc) is 3.25. The van der Waals surface area contributed by atoms with E-state index in [1.54, 1.807) is 11.1 Å². The van der Waals surface area contributed by atoms with E-state index in [9.17, 15) is 9.18 Å². The third-order valence-electron chi connectivity index (χ3n) is 4.87. The lowest BCUT2D eigenvalue weighted by molar-refractivity contribution is 0.102. The Morgan fingerprint density at radius 2 is 1.97 bits per heavy atom. The van der Waals surface area contributed by atoms with E-state index in [1.165, 1.54) is 12.4 Å². The summed E-state index contributed by atoms with van der Waals surface area (Å²) >= 11 is 0. The fourth-order valence-electron chi connectivity index (χ4n) is 3.51. The van der Waals surface area contributed by atoms with E-state index in [-0.39, 0.29) is 18.5 Å². The molecule has 0 bridgehead atoms. The summed E-state index contributed by atoms with van der Waals surface area (Å²) < 4.78 is 15.9. The van der Waals surface area contributed by atoms with Crippen LogP contribution >= 0.6 is 0 Å². The first-order valence-corrected chi connectivity index (χ1v) is 9.53. The predicted octanol–water partition coefficient (Wildman–Crippen LogP) is 1.52. The number of likely N-dealkylation sites (N-methyl/N-ethyl adjacent to an activating group) is 1. The summed E-state index contributed by atoms with van der Waals surface area (Å²) in [6, 6.07) is -0.234. The topological polar surface area (TPSA) is 100 Å². The first-order valence-electron chi connectivity index (χ1n) is 9.53. The maximum atomic E-state index is 14.1. The van der Waals surface area contributed by atoms with Crippen LogP contribution in [-0.4, -0.2) is 62.1 Å². The van der Waals surface area contributed by atoms with Gasteiger partial charge < -0.3 is 19.9 Å². The van der Waals surface area contributed by atoms with Crippen molar-refractivity contribution in [3.05, 3.63) is 41.7 Å². The third-order valence-corrected chi connectivity index (χ3v) is 4.87. The van der Waals surface area contributed by atoms with Crippen molar-refractivity contribution in [2.45, 2.75) is 33.0 Å². The molecule has 1 aliphatic heterocycles. The second-order valence-electron chi connectivity index (χ2n) is 7.14. The molecule has 4 heterocycles. The van der Waals surface area contributed by atoms with E-state index in [0.29, 0.717) is 36.1 Å². The quantitative estimate of drug-likeness (QED) is 0.672. The number of rotatable bonds is 5. The van der Waals surface area contributed by atoms with Gasteiger partial charge in [0, 0.05) is 25.1 Å². The number of alkyl halides is 1. The van der Waals surface area contributed by atoms with Gasteiger partial charge in [0.25, 0.3) is 5.91 Å². The first kappa shape index (κ1) is 19.2. The number of amides is 1. The van der Waals surface area contributed by atoms with E-state index >= 15 is 0 Å². The molecule has 1 fully saturated rings. The van der Waals surface area contributed by atoms with Crippen LogP contribution in [0.5, 0.6) is 0 Å². The molecule has 29 heavy (non-hydrogen) atoms. The largest absolute Gasteiger partial charge is 0.336 e. The molecule has 152 valence electrons. The Balaban J connectivity index is 1.46. The van der Waals surface area contributed by atoms with Crippen molar-refractivity contribution in [1.29, 1.82) is 0 Å². The first-order chi connectivity index (χ1) is 13.9. The molecule has 0 aromatic carbocycles. The number of carbonyl (C=O) groups excluding carboxylic acids is 1. The molecular weight excluding hydrogens is 375 g/mol. The van der Waals surface area contributed by atoms with Gasteiger partial charge in [-0.3, -0.25) is 4.79 Å². The lowest BCUT2D eigenvalue weighted by Crippen LogP contribution is -2.37. The molecule has 1 amide bonds. The summed E-state index contributed by atoms with van der Waals surface area (Å²) in [5.41, 5.74) is 2.64. The van der Waals surface area contributed by atoms with Gasteiger partial charge in [-0.15, -0.1) is 0 Å². The fraction of sp³-hybridized carbons (Fsp3) is 0.421. The summed E-state index contributed by atoms with van der Waals surface area (Å²) in [5, 5.41) is 5.88. The van der Waals surface area contributed by atoms with E-state index in [2.05, 4.69) is 30.6 Å². The number of nitrogens with zero attached hydrogens (tertiary/aromatic N) is 6. The van der Waals surface area contributed by atoms with Crippen LogP contribution in [0.3, 0.4) is 0 Å². The molecule has 2 unspecified atom stereocenters. The van der Waals surface area contributed by atoms with E-state index in [1.807, 2.05) is 31.4 Å². The Bertz CT molecular complexity index is 1030. The summed E-state index contributed by atoms with van der Waals surface area (Å²) in [6.45, 7) is 7.11. The Hall–Kier alpha value is -3.14. The second kappa shape index (κ2) is 7.70. The standard InChI is InChI=1S/C19H23FN8O/c1-4-21-15-9-28(8-14(15)20)19-22-5-13(6-23-19)18(29)26-16-10-27-7-11(2)24-17(27)12(3)25-16/h5-7,10,14-15,21H,4,8-9H2,1-3H3,(H,26,29). The molecule has 2 N–H and O–H groups in total. The zero-order chi connectivity index (χ0) is 20.5. The van der Waals surface area contributed by atoms with Gasteiger partial charge >= 0.3 is 0 Å². The van der Waals surface area contributed by atoms with Crippen molar-refractivity contribution in [3.8, 4) is 0 Å². The van der Waals surface area contributed by atoms with Gasteiger partial charge in [-0.1, -0.05) is 6.92 Å². The van der Waals surface area contributed by atoms with Gasteiger partial charge in [0.05, 0.1) is 35.7 Å². The highest BCUT2D eigenvalue weighted by Gasteiger charge is 2.33. The summed E-state index contributed by atoms with van der Waals surface area (Å²) in [5.74, 6) is 0.457. The lowest BCUT2D eigenvalue weighted by atomic mass is 10.2. The van der Waals surface area contributed by atoms with Crippen molar-refractivity contribution in [2.75, 3.05) is 29.9 Å². The number of halogens is 1. The molecule has 0 radical (unpaired) electrons. The van der Waals surface area contributed by atoms with Crippen molar-refractivity contribution < 1.29 is 9.18 Å². The Morgan fingerprint density at radius 3 is 2.69 bits per heavy atom. The molecule has 9 nitrogen and oxygen atoms in total. The van der Waals surface area contributed by atoms with Crippen LogP contribution in [-0.2, 0) is 0 Å². The maximum Gasteiger partial charge on any atom is 0.259 e. The highest BCUT2D eigenvalue weighted by atomic mass is 19.1. The van der Waals surface area contributed by atoms with Crippen molar-refractivity contribution >= 4 is 23.3 Å². The van der Waals surface area contributed by atoms with Gasteiger partial charge in [0.15, 0.2) is 5.65 Å². The van der Waals surface area contributed by atoms with Gasteiger partial charge in [-0.25, -0.2) is 24.3 Å². The van der Waals surface area contributed by atoms with Crippen LogP contribution in [0.4, 0.5) is 16.2 Å². The minimum absolute atomic E-state index is 0.233. The average molecular weight is 398 g/mol. The molecule has 1 saturated heterocycles. The SMILES string of the molecule is CCNC1CN(c2ncc(C(=O)Nc3cn4cc(C)nc4c(C)n3)cn2)CC1F. The highest BCUT2D eigenvalue weighted by Crippen LogP contribution is 2.19. The number of imidazole rings is 1. The molecular formula is C19H23FN8O. The van der Waals surface area contributed by atoms with Gasteiger partial charge in [0.1, 0.15) is 12.0 Å². The molecule has 3 aromatic rings. The van der Waals surface area contributed by atoms with E-state index in [4.69, 9.17) is 0 Å². The number of nitrogens with one attached hydrogen (secondary N) is 2. The summed E-state index contributed by atoms with van der Waals surface area (Å²) in [7, 11) is 0. The highest BCUT2D eigenvalue weighted by molar-refractivity contribution is 6.03. The third kappa shape index (κ3) is 3.88. The monoisotopic (exact) mass is 398 g/mol. The molecule has 1 aliphatic rings. The number of aryl methyl sites for hydroxylation is 2. The van der Waals surface area contributed by atoms with Crippen LogP contribution in [0.2, 0.25) is 0 Å². The Labute approximate surface area is 167 Å². The smallest absolute Gasteiger partial charge is 0.259 e. The van der Waals surface area contributed by atoms with Crippen LogP contribution in [0.15, 0.2) is 24.8 Å². The minimum Gasteiger partial charge on any atom is -0.336 e.